The fraction of sp³-hybridized carbons (Fsp3) is 0.385. The summed E-state index contributed by atoms with van der Waals surface area (Å²) in [7, 11) is 1.43. The smallest absolute Gasteiger partial charge is 0.334 e. The van der Waals surface area contributed by atoms with E-state index in [9.17, 15) is 9.59 Å². The lowest BCUT2D eigenvalue weighted by Gasteiger charge is -2.29. The number of urea groups is 1. The molecule has 0 saturated carbocycles. The maximum atomic E-state index is 13.8. The number of esters is 1. The Morgan fingerprint density at radius 2 is 1.78 bits per heavy atom. The Bertz CT molecular complexity index is 993. The molecule has 0 unspecified atom stereocenters. The van der Waals surface area contributed by atoms with Crippen LogP contribution in [0.15, 0.2) is 71.1 Å². The third-order valence-electron chi connectivity index (χ3n) is 6.33. The summed E-state index contributed by atoms with van der Waals surface area (Å²) in [6.07, 6.45) is 1.50. The molecule has 2 amide bonds. The lowest BCUT2D eigenvalue weighted by Crippen LogP contribution is -2.38. The van der Waals surface area contributed by atoms with Gasteiger partial charge in [0.25, 0.3) is 0 Å². The summed E-state index contributed by atoms with van der Waals surface area (Å²) in [5, 5.41) is 0. The highest BCUT2D eigenvalue weighted by atomic mass is 32.2. The van der Waals surface area contributed by atoms with E-state index in [4.69, 9.17) is 4.74 Å². The predicted octanol–water partition coefficient (Wildman–Crippen LogP) is 5.40. The number of hydrogen-bond donors (Lipinski definition) is 0. The van der Waals surface area contributed by atoms with E-state index < -0.39 is 0 Å². The molecule has 3 atom stereocenters. The van der Waals surface area contributed by atoms with Gasteiger partial charge in [0.2, 0.25) is 0 Å². The normalized spacial score (nSPS) is 22.7. The summed E-state index contributed by atoms with van der Waals surface area (Å²) >= 11 is 1.70. The minimum atomic E-state index is -0.281. The van der Waals surface area contributed by atoms with Gasteiger partial charge in [-0.15, -0.1) is 11.8 Å². The fourth-order valence-electron chi connectivity index (χ4n) is 4.77. The summed E-state index contributed by atoms with van der Waals surface area (Å²) in [5.74, 6) is 0.495. The van der Waals surface area contributed by atoms with Crippen molar-refractivity contribution in [3.63, 3.8) is 0 Å². The quantitative estimate of drug-likeness (QED) is 0.322. The number of carbonyl (C=O) groups excluding carboxylic acids is 2. The molecule has 2 fully saturated rings. The van der Waals surface area contributed by atoms with Crippen molar-refractivity contribution in [1.29, 1.82) is 0 Å². The van der Waals surface area contributed by atoms with Gasteiger partial charge in [-0.3, -0.25) is 0 Å². The maximum absolute atomic E-state index is 13.8. The van der Waals surface area contributed by atoms with Crippen LogP contribution in [0.5, 0.6) is 0 Å². The zero-order valence-corrected chi connectivity index (χ0v) is 19.7. The molecule has 0 spiro atoms. The number of nitrogens with zero attached hydrogens (tertiary/aromatic N) is 2. The highest BCUT2D eigenvalue weighted by Gasteiger charge is 2.53. The Balaban J connectivity index is 1.76. The molecule has 2 aliphatic rings. The van der Waals surface area contributed by atoms with Crippen molar-refractivity contribution in [2.75, 3.05) is 12.9 Å². The molecule has 0 radical (unpaired) electrons. The molecule has 0 aromatic heterocycles. The lowest BCUT2D eigenvalue weighted by molar-refractivity contribution is -0.136. The van der Waals surface area contributed by atoms with E-state index in [2.05, 4.69) is 26.0 Å². The molecule has 4 rings (SSSR count). The van der Waals surface area contributed by atoms with Crippen LogP contribution in [0.1, 0.15) is 43.9 Å². The van der Waals surface area contributed by atoms with Crippen molar-refractivity contribution in [3.8, 4) is 0 Å². The SMILES string of the molecule is CCCC(C(=O)OC)=C1SC[C@H]2[C@@H]1N(Cc1ccccc1)C(=O)N2[C@H](C)c1ccccc1. The second kappa shape index (κ2) is 9.82. The molecule has 6 heteroatoms. The van der Waals surface area contributed by atoms with Gasteiger partial charge in [0, 0.05) is 22.8 Å². The average Bonchev–Trinajstić information content (AvgIpc) is 3.36. The van der Waals surface area contributed by atoms with E-state index in [0.717, 1.165) is 28.2 Å². The second-order valence-electron chi connectivity index (χ2n) is 8.30. The third-order valence-corrected chi connectivity index (χ3v) is 7.63. The second-order valence-corrected chi connectivity index (χ2v) is 9.36. The zero-order chi connectivity index (χ0) is 22.7. The van der Waals surface area contributed by atoms with E-state index in [1.54, 1.807) is 11.8 Å². The molecule has 168 valence electrons. The molecule has 2 aliphatic heterocycles. The molecule has 2 saturated heterocycles. The van der Waals surface area contributed by atoms with E-state index in [1.165, 1.54) is 7.11 Å². The van der Waals surface area contributed by atoms with Gasteiger partial charge in [0.05, 0.1) is 25.2 Å². The number of thioether (sulfide) groups is 1. The summed E-state index contributed by atoms with van der Waals surface area (Å²) in [6, 6.07) is 20.1. The largest absolute Gasteiger partial charge is 0.466 e. The predicted molar refractivity (Wildman–Crippen MR) is 128 cm³/mol. The molecule has 0 aliphatic carbocycles. The van der Waals surface area contributed by atoms with Crippen LogP contribution < -0.4 is 0 Å². The third kappa shape index (κ3) is 4.16. The van der Waals surface area contributed by atoms with Gasteiger partial charge in [-0.05, 0) is 24.5 Å². The van der Waals surface area contributed by atoms with Crippen molar-refractivity contribution < 1.29 is 14.3 Å². The highest BCUT2D eigenvalue weighted by Crippen LogP contribution is 2.47. The molecule has 0 bridgehead atoms. The van der Waals surface area contributed by atoms with Gasteiger partial charge in [-0.25, -0.2) is 9.59 Å². The molecular weight excluding hydrogens is 420 g/mol. The van der Waals surface area contributed by atoms with Gasteiger partial charge < -0.3 is 14.5 Å². The molecule has 2 aromatic carbocycles. The lowest BCUT2D eigenvalue weighted by atomic mass is 10.0. The van der Waals surface area contributed by atoms with Gasteiger partial charge in [0.1, 0.15) is 0 Å². The fourth-order valence-corrected chi connectivity index (χ4v) is 6.28. The van der Waals surface area contributed by atoms with Gasteiger partial charge in [0.15, 0.2) is 0 Å². The summed E-state index contributed by atoms with van der Waals surface area (Å²) < 4.78 is 5.12. The number of rotatable bonds is 7. The van der Waals surface area contributed by atoms with Gasteiger partial charge in [-0.1, -0.05) is 74.0 Å². The maximum Gasteiger partial charge on any atom is 0.334 e. The molecular formula is C26H30N2O3S. The standard InChI is InChI=1S/C26H30N2O3S/c1-4-11-21(25(29)31-3)24-23-22(17-32-24)28(18(2)20-14-9-6-10-15-20)26(30)27(23)16-19-12-7-5-8-13-19/h5-10,12-15,18,22-23H,4,11,16-17H2,1-3H3/t18-,22+,23+/m1/s1. The monoisotopic (exact) mass is 450 g/mol. The number of fused-ring (bicyclic) bond motifs is 1. The van der Waals surface area contributed by atoms with Crippen molar-refractivity contribution in [1.82, 2.24) is 9.80 Å². The Morgan fingerprint density at radius 3 is 2.41 bits per heavy atom. The van der Waals surface area contributed by atoms with Crippen molar-refractivity contribution in [2.45, 2.75) is 51.4 Å². The minimum Gasteiger partial charge on any atom is -0.466 e. The first-order valence-electron chi connectivity index (χ1n) is 11.2. The van der Waals surface area contributed by atoms with Crippen molar-refractivity contribution in [2.24, 2.45) is 0 Å². The molecule has 5 nitrogen and oxygen atoms in total. The topological polar surface area (TPSA) is 49.9 Å². The van der Waals surface area contributed by atoms with Crippen molar-refractivity contribution >= 4 is 23.8 Å². The highest BCUT2D eigenvalue weighted by molar-refractivity contribution is 8.03. The first kappa shape index (κ1) is 22.5. The van der Waals surface area contributed by atoms with Gasteiger partial charge >= 0.3 is 12.0 Å². The van der Waals surface area contributed by atoms with Crippen LogP contribution in [0.4, 0.5) is 4.79 Å². The molecule has 32 heavy (non-hydrogen) atoms. The van der Waals surface area contributed by atoms with E-state index in [0.29, 0.717) is 18.5 Å². The minimum absolute atomic E-state index is 0.0120. The Morgan fingerprint density at radius 1 is 1.12 bits per heavy atom. The Kier molecular flexibility index (Phi) is 6.89. The Labute approximate surface area is 194 Å². The van der Waals surface area contributed by atoms with Crippen LogP contribution >= 0.6 is 11.8 Å². The molecule has 2 aromatic rings. The zero-order valence-electron chi connectivity index (χ0n) is 18.9. The number of amides is 2. The molecule has 2 heterocycles. The summed E-state index contributed by atoms with van der Waals surface area (Å²) in [5.41, 5.74) is 2.91. The van der Waals surface area contributed by atoms with Gasteiger partial charge in [-0.2, -0.15) is 0 Å². The van der Waals surface area contributed by atoms with Crippen LogP contribution in [0.3, 0.4) is 0 Å². The van der Waals surface area contributed by atoms with Crippen LogP contribution in [-0.4, -0.2) is 46.7 Å². The molecule has 0 N–H and O–H groups in total. The Hall–Kier alpha value is -2.73. The van der Waals surface area contributed by atoms with E-state index in [1.807, 2.05) is 58.3 Å². The van der Waals surface area contributed by atoms with Crippen LogP contribution in [0.2, 0.25) is 0 Å². The van der Waals surface area contributed by atoms with E-state index >= 15 is 0 Å². The number of hydrogen-bond acceptors (Lipinski definition) is 4. The average molecular weight is 451 g/mol. The van der Waals surface area contributed by atoms with Crippen LogP contribution in [0, 0.1) is 0 Å². The number of benzene rings is 2. The van der Waals surface area contributed by atoms with Crippen LogP contribution in [0.25, 0.3) is 0 Å². The van der Waals surface area contributed by atoms with E-state index in [-0.39, 0.29) is 30.1 Å². The number of ether oxygens (including phenoxy) is 1. The number of methoxy groups -OCH3 is 1. The first-order chi connectivity index (χ1) is 15.6. The van der Waals surface area contributed by atoms with Crippen LogP contribution in [-0.2, 0) is 16.1 Å². The first-order valence-corrected chi connectivity index (χ1v) is 12.2. The summed E-state index contributed by atoms with van der Waals surface area (Å²) in [6.45, 7) is 4.67. The van der Waals surface area contributed by atoms with Crippen molar-refractivity contribution in [3.05, 3.63) is 82.3 Å². The number of carbonyl (C=O) groups is 2. The summed E-state index contributed by atoms with van der Waals surface area (Å²) in [4.78, 5) is 31.4.